The van der Waals surface area contributed by atoms with Gasteiger partial charge in [-0.05, 0) is 42.2 Å². The molecule has 0 saturated carbocycles. The fraction of sp³-hybridized carbons (Fsp3) is 0.667. The van der Waals surface area contributed by atoms with Crippen LogP contribution >= 0.6 is 22.9 Å². The summed E-state index contributed by atoms with van der Waals surface area (Å²) >= 11 is 8.14. The van der Waals surface area contributed by atoms with Gasteiger partial charge in [-0.15, -0.1) is 22.9 Å². The van der Waals surface area contributed by atoms with Gasteiger partial charge in [0.05, 0.1) is 0 Å². The zero-order valence-electron chi connectivity index (χ0n) is 9.43. The minimum absolute atomic E-state index is 0.215. The SMILES string of the molecule is Cc1cc(CCC(Cl)C(C)(C)C)cs1. The second kappa shape index (κ2) is 4.67. The first kappa shape index (κ1) is 12.1. The van der Waals surface area contributed by atoms with Crippen LogP contribution in [0.25, 0.3) is 0 Å². The molecule has 0 aliphatic rings. The van der Waals surface area contributed by atoms with E-state index in [1.54, 1.807) is 0 Å². The third kappa shape index (κ3) is 3.62. The quantitative estimate of drug-likeness (QED) is 0.664. The van der Waals surface area contributed by atoms with Crippen LogP contribution in [0.2, 0.25) is 0 Å². The molecule has 0 bridgehead atoms. The lowest BCUT2D eigenvalue weighted by Gasteiger charge is -2.24. The highest BCUT2D eigenvalue weighted by atomic mass is 35.5. The molecule has 1 atom stereocenters. The van der Waals surface area contributed by atoms with E-state index in [1.807, 2.05) is 11.3 Å². The van der Waals surface area contributed by atoms with Crippen molar-refractivity contribution in [3.8, 4) is 0 Å². The maximum absolute atomic E-state index is 6.32. The van der Waals surface area contributed by atoms with Gasteiger partial charge < -0.3 is 0 Å². The molecule has 1 heterocycles. The molecule has 0 nitrogen and oxygen atoms in total. The highest BCUT2D eigenvalue weighted by Gasteiger charge is 2.21. The van der Waals surface area contributed by atoms with Gasteiger partial charge in [0.1, 0.15) is 0 Å². The molecule has 2 heteroatoms. The molecule has 80 valence electrons. The number of halogens is 1. The van der Waals surface area contributed by atoms with Gasteiger partial charge in [-0.1, -0.05) is 20.8 Å². The molecule has 1 unspecified atom stereocenters. The van der Waals surface area contributed by atoms with Gasteiger partial charge in [-0.25, -0.2) is 0 Å². The molecule has 0 aromatic carbocycles. The smallest absolute Gasteiger partial charge is 0.0387 e. The summed E-state index contributed by atoms with van der Waals surface area (Å²) < 4.78 is 0. The fourth-order valence-corrected chi connectivity index (χ4v) is 2.21. The second-order valence-corrected chi connectivity index (χ2v) is 6.58. The molecule has 0 N–H and O–H groups in total. The first-order chi connectivity index (χ1) is 6.39. The summed E-state index contributed by atoms with van der Waals surface area (Å²) in [4.78, 5) is 1.39. The van der Waals surface area contributed by atoms with E-state index in [4.69, 9.17) is 11.6 Å². The monoisotopic (exact) mass is 230 g/mol. The van der Waals surface area contributed by atoms with Gasteiger partial charge in [-0.2, -0.15) is 0 Å². The largest absolute Gasteiger partial charge is 0.149 e. The molecule has 14 heavy (non-hydrogen) atoms. The Kier molecular flexibility index (Phi) is 4.03. The summed E-state index contributed by atoms with van der Waals surface area (Å²) in [5.41, 5.74) is 1.65. The summed E-state index contributed by atoms with van der Waals surface area (Å²) in [6.07, 6.45) is 2.18. The van der Waals surface area contributed by atoms with Crippen molar-refractivity contribution in [1.82, 2.24) is 0 Å². The number of hydrogen-bond acceptors (Lipinski definition) is 1. The molecule has 0 aliphatic carbocycles. The van der Waals surface area contributed by atoms with Crippen LogP contribution in [-0.4, -0.2) is 5.38 Å². The number of thiophene rings is 1. The van der Waals surface area contributed by atoms with Gasteiger partial charge in [0.2, 0.25) is 0 Å². The van der Waals surface area contributed by atoms with Crippen LogP contribution in [0.4, 0.5) is 0 Å². The summed E-state index contributed by atoms with van der Waals surface area (Å²) in [7, 11) is 0. The van der Waals surface area contributed by atoms with Gasteiger partial charge in [-0.3, -0.25) is 0 Å². The Balaban J connectivity index is 2.41. The third-order valence-electron chi connectivity index (χ3n) is 2.41. The predicted octanol–water partition coefficient (Wildman–Crippen LogP) is 4.64. The predicted molar refractivity (Wildman–Crippen MR) is 66.5 cm³/mol. The number of hydrogen-bond donors (Lipinski definition) is 0. The lowest BCUT2D eigenvalue weighted by Crippen LogP contribution is -2.21. The van der Waals surface area contributed by atoms with Crippen LogP contribution in [0.5, 0.6) is 0 Å². The number of rotatable bonds is 3. The lowest BCUT2D eigenvalue weighted by atomic mass is 9.88. The van der Waals surface area contributed by atoms with Crippen LogP contribution < -0.4 is 0 Å². The van der Waals surface area contributed by atoms with Crippen molar-refractivity contribution in [3.63, 3.8) is 0 Å². The van der Waals surface area contributed by atoms with Crippen molar-refractivity contribution in [2.45, 2.75) is 45.9 Å². The van der Waals surface area contributed by atoms with Crippen molar-refractivity contribution in [3.05, 3.63) is 21.9 Å². The Morgan fingerprint density at radius 2 is 2.07 bits per heavy atom. The molecular weight excluding hydrogens is 212 g/mol. The fourth-order valence-electron chi connectivity index (χ4n) is 1.36. The van der Waals surface area contributed by atoms with Crippen LogP contribution in [0, 0.1) is 12.3 Å². The Labute approximate surface area is 96.3 Å². The van der Waals surface area contributed by atoms with E-state index >= 15 is 0 Å². The van der Waals surface area contributed by atoms with Crippen LogP contribution in [0.15, 0.2) is 11.4 Å². The molecule has 1 rings (SSSR count). The summed E-state index contributed by atoms with van der Waals surface area (Å²) in [5.74, 6) is 0. The molecule has 0 amide bonds. The summed E-state index contributed by atoms with van der Waals surface area (Å²) in [6, 6.07) is 2.26. The van der Waals surface area contributed by atoms with Gasteiger partial charge >= 0.3 is 0 Å². The van der Waals surface area contributed by atoms with E-state index in [-0.39, 0.29) is 10.8 Å². The molecule has 0 aliphatic heterocycles. The van der Waals surface area contributed by atoms with Crippen molar-refractivity contribution in [1.29, 1.82) is 0 Å². The first-order valence-corrected chi connectivity index (χ1v) is 6.39. The van der Waals surface area contributed by atoms with E-state index in [9.17, 15) is 0 Å². The average Bonchev–Trinajstić information content (AvgIpc) is 2.45. The Hall–Kier alpha value is -0.0100. The van der Waals surface area contributed by atoms with E-state index in [0.717, 1.165) is 12.8 Å². The van der Waals surface area contributed by atoms with Crippen molar-refractivity contribution < 1.29 is 0 Å². The minimum atomic E-state index is 0.215. The van der Waals surface area contributed by atoms with Gasteiger partial charge in [0.15, 0.2) is 0 Å². The first-order valence-electron chi connectivity index (χ1n) is 5.07. The van der Waals surface area contributed by atoms with E-state index in [1.165, 1.54) is 10.4 Å². The Morgan fingerprint density at radius 3 is 2.50 bits per heavy atom. The number of aryl methyl sites for hydroxylation is 2. The van der Waals surface area contributed by atoms with Gasteiger partial charge in [0, 0.05) is 10.3 Å². The molecular formula is C12H19ClS. The standard InChI is InChI=1S/C12H19ClS/c1-9-7-10(8-14-9)5-6-11(13)12(2,3)4/h7-8,11H,5-6H2,1-4H3. The van der Waals surface area contributed by atoms with Crippen LogP contribution in [-0.2, 0) is 6.42 Å². The Morgan fingerprint density at radius 1 is 1.43 bits per heavy atom. The Bertz CT molecular complexity index is 283. The highest BCUT2D eigenvalue weighted by molar-refractivity contribution is 7.10. The van der Waals surface area contributed by atoms with Crippen molar-refractivity contribution in [2.75, 3.05) is 0 Å². The normalized spacial score (nSPS) is 14.4. The molecule has 0 spiro atoms. The molecule has 0 saturated heterocycles. The van der Waals surface area contributed by atoms with E-state index < -0.39 is 0 Å². The maximum atomic E-state index is 6.32. The highest BCUT2D eigenvalue weighted by Crippen LogP contribution is 2.28. The third-order valence-corrected chi connectivity index (χ3v) is 4.19. The zero-order chi connectivity index (χ0) is 10.8. The average molecular weight is 231 g/mol. The number of alkyl halides is 1. The topological polar surface area (TPSA) is 0 Å². The lowest BCUT2D eigenvalue weighted by molar-refractivity contribution is 0.374. The molecule has 1 aromatic rings. The van der Waals surface area contributed by atoms with Crippen LogP contribution in [0.1, 0.15) is 37.6 Å². The van der Waals surface area contributed by atoms with E-state index in [2.05, 4.69) is 39.1 Å². The second-order valence-electron chi connectivity index (χ2n) is 4.94. The van der Waals surface area contributed by atoms with Crippen molar-refractivity contribution in [2.24, 2.45) is 5.41 Å². The molecule has 0 radical (unpaired) electrons. The van der Waals surface area contributed by atoms with Crippen molar-refractivity contribution >= 4 is 22.9 Å². The molecule has 0 fully saturated rings. The maximum Gasteiger partial charge on any atom is 0.0387 e. The van der Waals surface area contributed by atoms with Crippen LogP contribution in [0.3, 0.4) is 0 Å². The van der Waals surface area contributed by atoms with Gasteiger partial charge in [0.25, 0.3) is 0 Å². The summed E-state index contributed by atoms with van der Waals surface area (Å²) in [5, 5.41) is 2.50. The molecule has 1 aromatic heterocycles. The van der Waals surface area contributed by atoms with E-state index in [0.29, 0.717) is 0 Å². The zero-order valence-corrected chi connectivity index (χ0v) is 11.0. The minimum Gasteiger partial charge on any atom is -0.149 e. The summed E-state index contributed by atoms with van der Waals surface area (Å²) in [6.45, 7) is 8.74.